The molecule has 0 aliphatic carbocycles. The Morgan fingerprint density at radius 3 is 2.58 bits per heavy atom. The van der Waals surface area contributed by atoms with E-state index < -0.39 is 0 Å². The molecule has 0 aliphatic heterocycles. The second-order valence-electron chi connectivity index (χ2n) is 5.20. The highest BCUT2D eigenvalue weighted by Crippen LogP contribution is 2.18. The lowest BCUT2D eigenvalue weighted by molar-refractivity contribution is -0.117. The Morgan fingerprint density at radius 1 is 1.25 bits per heavy atom. The van der Waals surface area contributed by atoms with E-state index in [2.05, 4.69) is 10.3 Å². The average molecular weight is 368 g/mol. The maximum atomic E-state index is 12.2. The Bertz CT molecular complexity index is 690. The molecule has 1 aromatic carbocycles. The Balaban J connectivity index is 1.97. The molecule has 0 unspecified atom stereocenters. The fraction of sp³-hybridized carbons (Fsp3) is 0.294. The van der Waals surface area contributed by atoms with E-state index in [0.29, 0.717) is 34.8 Å². The van der Waals surface area contributed by atoms with Crippen LogP contribution < -0.4 is 10.1 Å². The predicted octanol–water partition coefficient (Wildman–Crippen LogP) is 3.86. The Hall–Kier alpha value is -1.82. The fourth-order valence-electron chi connectivity index (χ4n) is 2.25. The van der Waals surface area contributed by atoms with Gasteiger partial charge in [0.2, 0.25) is 5.91 Å². The quantitative estimate of drug-likeness (QED) is 0.754. The highest BCUT2D eigenvalue weighted by Gasteiger charge is 2.11. The number of amides is 1. The van der Waals surface area contributed by atoms with Crippen molar-refractivity contribution in [3.63, 3.8) is 0 Å². The van der Waals surface area contributed by atoms with Gasteiger partial charge < -0.3 is 10.1 Å². The minimum absolute atomic E-state index is 0.101. The molecule has 1 aromatic heterocycles. The van der Waals surface area contributed by atoms with Gasteiger partial charge in [-0.2, -0.15) is 0 Å². The third-order valence-corrected chi connectivity index (χ3v) is 3.78. The topological polar surface area (TPSA) is 54.5 Å². The maximum Gasteiger partial charge on any atom is 0.238 e. The Labute approximate surface area is 151 Å². The van der Waals surface area contributed by atoms with E-state index in [1.807, 2.05) is 30.0 Å². The summed E-state index contributed by atoms with van der Waals surface area (Å²) in [6, 6.07) is 10.7. The van der Waals surface area contributed by atoms with E-state index in [4.69, 9.17) is 27.9 Å². The lowest BCUT2D eigenvalue weighted by Gasteiger charge is -2.20. The van der Waals surface area contributed by atoms with Crippen LogP contribution in [0.15, 0.2) is 36.4 Å². The van der Waals surface area contributed by atoms with Crippen molar-refractivity contribution in [3.05, 3.63) is 52.3 Å². The predicted molar refractivity (Wildman–Crippen MR) is 96.8 cm³/mol. The van der Waals surface area contributed by atoms with Crippen molar-refractivity contribution in [1.29, 1.82) is 0 Å². The van der Waals surface area contributed by atoms with E-state index in [1.165, 1.54) is 0 Å². The van der Waals surface area contributed by atoms with Crippen LogP contribution in [0.25, 0.3) is 0 Å². The number of ether oxygens (including phenoxy) is 1. The normalized spacial score (nSPS) is 10.7. The first-order chi connectivity index (χ1) is 11.5. The minimum atomic E-state index is -0.101. The van der Waals surface area contributed by atoms with Gasteiger partial charge in [0, 0.05) is 18.3 Å². The number of pyridine rings is 1. The molecule has 0 fully saturated rings. The molecule has 1 heterocycles. The fourth-order valence-corrected chi connectivity index (χ4v) is 2.75. The monoisotopic (exact) mass is 367 g/mol. The van der Waals surface area contributed by atoms with Gasteiger partial charge in [0.1, 0.15) is 16.1 Å². The number of halogens is 2. The minimum Gasteiger partial charge on any atom is -0.497 e. The van der Waals surface area contributed by atoms with Crippen molar-refractivity contribution in [2.24, 2.45) is 0 Å². The van der Waals surface area contributed by atoms with Crippen LogP contribution in [0, 0.1) is 0 Å². The lowest BCUT2D eigenvalue weighted by atomic mass is 10.2. The number of hydrogen-bond donors (Lipinski definition) is 1. The van der Waals surface area contributed by atoms with E-state index >= 15 is 0 Å². The van der Waals surface area contributed by atoms with Crippen molar-refractivity contribution >= 4 is 34.8 Å². The first-order valence-corrected chi connectivity index (χ1v) is 8.24. The molecular formula is C17H19Cl2N3O2. The van der Waals surface area contributed by atoms with E-state index in [0.717, 1.165) is 5.56 Å². The number of hydrogen-bond acceptors (Lipinski definition) is 4. The SMILES string of the molecule is CCN(CC(=O)Nc1cccc(OC)c1)Cc1cc(Cl)nc(Cl)c1. The van der Waals surface area contributed by atoms with Gasteiger partial charge in [-0.3, -0.25) is 9.69 Å². The van der Waals surface area contributed by atoms with Crippen molar-refractivity contribution in [2.45, 2.75) is 13.5 Å². The van der Waals surface area contributed by atoms with Crippen molar-refractivity contribution in [2.75, 3.05) is 25.5 Å². The zero-order chi connectivity index (χ0) is 17.5. The Kier molecular flexibility index (Phi) is 6.85. The molecule has 2 aromatic rings. The van der Waals surface area contributed by atoms with Crippen LogP contribution in [0.1, 0.15) is 12.5 Å². The first kappa shape index (κ1) is 18.5. The van der Waals surface area contributed by atoms with Crippen molar-refractivity contribution < 1.29 is 9.53 Å². The third kappa shape index (κ3) is 5.67. The summed E-state index contributed by atoms with van der Waals surface area (Å²) in [5, 5.41) is 3.55. The molecule has 0 saturated carbocycles. The van der Waals surface area contributed by atoms with Gasteiger partial charge >= 0.3 is 0 Å². The first-order valence-electron chi connectivity index (χ1n) is 7.48. The van der Waals surface area contributed by atoms with Crippen LogP contribution in [0.3, 0.4) is 0 Å². The van der Waals surface area contributed by atoms with Gasteiger partial charge in [-0.1, -0.05) is 36.2 Å². The van der Waals surface area contributed by atoms with Crippen LogP contribution in [0.5, 0.6) is 5.75 Å². The summed E-state index contributed by atoms with van der Waals surface area (Å²) < 4.78 is 5.15. The molecule has 24 heavy (non-hydrogen) atoms. The zero-order valence-corrected chi connectivity index (χ0v) is 15.1. The molecule has 1 N–H and O–H groups in total. The number of benzene rings is 1. The van der Waals surface area contributed by atoms with E-state index in [1.54, 1.807) is 25.3 Å². The molecular weight excluding hydrogens is 349 g/mol. The second kappa shape index (κ2) is 8.87. The molecule has 7 heteroatoms. The van der Waals surface area contributed by atoms with E-state index in [9.17, 15) is 4.79 Å². The number of rotatable bonds is 7. The molecule has 5 nitrogen and oxygen atoms in total. The Morgan fingerprint density at radius 2 is 1.96 bits per heavy atom. The van der Waals surface area contributed by atoms with Gasteiger partial charge in [0.15, 0.2) is 0 Å². The second-order valence-corrected chi connectivity index (χ2v) is 5.98. The molecule has 0 spiro atoms. The summed E-state index contributed by atoms with van der Waals surface area (Å²) in [6.07, 6.45) is 0. The largest absolute Gasteiger partial charge is 0.497 e. The molecule has 0 aliphatic rings. The lowest BCUT2D eigenvalue weighted by Crippen LogP contribution is -2.32. The number of methoxy groups -OCH3 is 1. The summed E-state index contributed by atoms with van der Waals surface area (Å²) in [5.41, 5.74) is 1.61. The van der Waals surface area contributed by atoms with Crippen LogP contribution in [-0.2, 0) is 11.3 Å². The standard InChI is InChI=1S/C17H19Cl2N3O2/c1-3-22(10-12-7-15(18)21-16(19)8-12)11-17(23)20-13-5-4-6-14(9-13)24-2/h4-9H,3,10-11H2,1-2H3,(H,20,23). The van der Waals surface area contributed by atoms with Crippen molar-refractivity contribution in [3.8, 4) is 5.75 Å². The van der Waals surface area contributed by atoms with Gasteiger partial charge in [-0.05, 0) is 36.4 Å². The van der Waals surface area contributed by atoms with Gasteiger partial charge in [0.25, 0.3) is 0 Å². The smallest absolute Gasteiger partial charge is 0.238 e. The number of carbonyl (C=O) groups excluding carboxylic acids is 1. The zero-order valence-electron chi connectivity index (χ0n) is 13.6. The van der Waals surface area contributed by atoms with E-state index in [-0.39, 0.29) is 12.5 Å². The maximum absolute atomic E-state index is 12.2. The van der Waals surface area contributed by atoms with Crippen LogP contribution in [0.2, 0.25) is 10.3 Å². The average Bonchev–Trinajstić information content (AvgIpc) is 2.53. The highest BCUT2D eigenvalue weighted by atomic mass is 35.5. The number of nitrogens with one attached hydrogen (secondary N) is 1. The highest BCUT2D eigenvalue weighted by molar-refractivity contribution is 6.32. The molecule has 1 amide bonds. The molecule has 2 rings (SSSR count). The molecule has 0 saturated heterocycles. The number of nitrogens with zero attached hydrogens (tertiary/aromatic N) is 2. The number of anilines is 1. The van der Waals surface area contributed by atoms with Gasteiger partial charge in [0.05, 0.1) is 13.7 Å². The van der Waals surface area contributed by atoms with Crippen LogP contribution >= 0.6 is 23.2 Å². The summed E-state index contributed by atoms with van der Waals surface area (Å²) in [5.74, 6) is 0.595. The van der Waals surface area contributed by atoms with Crippen LogP contribution in [-0.4, -0.2) is 36.0 Å². The van der Waals surface area contributed by atoms with Crippen molar-refractivity contribution in [1.82, 2.24) is 9.88 Å². The van der Waals surface area contributed by atoms with Gasteiger partial charge in [-0.25, -0.2) is 4.98 Å². The third-order valence-electron chi connectivity index (χ3n) is 3.40. The number of carbonyl (C=O) groups is 1. The summed E-state index contributed by atoms with van der Waals surface area (Å²) in [7, 11) is 1.59. The summed E-state index contributed by atoms with van der Waals surface area (Å²) in [6.45, 7) is 3.52. The molecule has 0 bridgehead atoms. The number of aromatic nitrogens is 1. The number of likely N-dealkylation sites (N-methyl/N-ethyl adjacent to an activating group) is 1. The molecule has 0 atom stereocenters. The van der Waals surface area contributed by atoms with Crippen LogP contribution in [0.4, 0.5) is 5.69 Å². The van der Waals surface area contributed by atoms with Gasteiger partial charge in [-0.15, -0.1) is 0 Å². The molecule has 0 radical (unpaired) electrons. The molecule has 128 valence electrons. The summed E-state index contributed by atoms with van der Waals surface area (Å²) >= 11 is 11.8. The summed E-state index contributed by atoms with van der Waals surface area (Å²) in [4.78, 5) is 18.2.